The second-order valence-electron chi connectivity index (χ2n) is 10.1. The molecule has 1 atom stereocenters. The number of benzene rings is 3. The number of carbonyl (C=O) groups is 2. The minimum Gasteiger partial charge on any atom is -0.354 e. The van der Waals surface area contributed by atoms with Crippen molar-refractivity contribution in [1.82, 2.24) is 20.3 Å². The molecule has 0 bridgehead atoms. The van der Waals surface area contributed by atoms with Crippen LogP contribution in [0.1, 0.15) is 48.6 Å². The van der Waals surface area contributed by atoms with Crippen molar-refractivity contribution in [3.63, 3.8) is 0 Å². The molecule has 0 spiro atoms. The monoisotopic (exact) mass is 497 g/mol. The van der Waals surface area contributed by atoms with Gasteiger partial charge in [0.25, 0.3) is 0 Å². The molecule has 4 aromatic rings. The quantitative estimate of drug-likeness (QED) is 0.341. The maximum Gasteiger partial charge on any atom is 0.249 e. The first-order valence-electron chi connectivity index (χ1n) is 12.8. The Kier molecular flexibility index (Phi) is 8.01. The van der Waals surface area contributed by atoms with Crippen LogP contribution in [0.25, 0.3) is 11.0 Å². The Morgan fingerprint density at radius 3 is 2.38 bits per heavy atom. The van der Waals surface area contributed by atoms with E-state index < -0.39 is 6.04 Å². The van der Waals surface area contributed by atoms with E-state index in [1.54, 1.807) is 9.58 Å². The molecule has 0 saturated heterocycles. The zero-order valence-corrected chi connectivity index (χ0v) is 22.2. The smallest absolute Gasteiger partial charge is 0.249 e. The van der Waals surface area contributed by atoms with Gasteiger partial charge in [0.1, 0.15) is 18.1 Å². The summed E-state index contributed by atoms with van der Waals surface area (Å²) < 4.78 is 1.60. The molecule has 1 N–H and O–H groups in total. The molecule has 0 aliphatic carbocycles. The normalized spacial score (nSPS) is 12.1. The largest absolute Gasteiger partial charge is 0.354 e. The highest BCUT2D eigenvalue weighted by molar-refractivity contribution is 6.02. The third-order valence-electron chi connectivity index (χ3n) is 6.52. The average Bonchev–Trinajstić information content (AvgIpc) is 3.27. The van der Waals surface area contributed by atoms with Crippen LogP contribution >= 0.6 is 0 Å². The molecule has 37 heavy (non-hydrogen) atoms. The van der Waals surface area contributed by atoms with Gasteiger partial charge >= 0.3 is 0 Å². The Morgan fingerprint density at radius 2 is 1.65 bits per heavy atom. The van der Waals surface area contributed by atoms with Crippen molar-refractivity contribution in [3.8, 4) is 0 Å². The summed E-state index contributed by atoms with van der Waals surface area (Å²) in [6, 6.07) is 20.5. The van der Waals surface area contributed by atoms with Crippen molar-refractivity contribution in [2.75, 3.05) is 11.4 Å². The van der Waals surface area contributed by atoms with Gasteiger partial charge in [-0.1, -0.05) is 73.2 Å². The highest BCUT2D eigenvalue weighted by atomic mass is 16.2. The minimum atomic E-state index is -0.837. The molecule has 4 rings (SSSR count). The summed E-state index contributed by atoms with van der Waals surface area (Å²) in [4.78, 5) is 29.6. The zero-order chi connectivity index (χ0) is 26.5. The molecule has 7 nitrogen and oxygen atoms in total. The number of aromatic nitrogens is 3. The highest BCUT2D eigenvalue weighted by Gasteiger charge is 2.34. The number of hydrogen-bond donors (Lipinski definition) is 1. The standard InChI is InChI=1S/C30H35N5O2/c1-20(2)16-17-31-30(37)29(24-14-11-21(3)12-15-24)35(27-18-22(4)10-13-23(27)5)28(36)19-34-26-9-7-6-8-25(26)32-33-34/h6-15,18,20,29H,16-17,19H2,1-5H3,(H,31,37)/t29-/m0/s1. The van der Waals surface area contributed by atoms with E-state index in [0.29, 0.717) is 18.2 Å². The van der Waals surface area contributed by atoms with Crippen LogP contribution < -0.4 is 10.2 Å². The van der Waals surface area contributed by atoms with Crippen LogP contribution in [0.15, 0.2) is 66.7 Å². The molecule has 2 amide bonds. The lowest BCUT2D eigenvalue weighted by Gasteiger charge is -2.33. The Hall–Kier alpha value is -4.00. The van der Waals surface area contributed by atoms with Crippen molar-refractivity contribution in [2.45, 2.75) is 53.6 Å². The van der Waals surface area contributed by atoms with Crippen LogP contribution in [-0.2, 0) is 16.1 Å². The van der Waals surface area contributed by atoms with E-state index in [1.807, 2.05) is 87.5 Å². The number of anilines is 1. The lowest BCUT2D eigenvalue weighted by Crippen LogP contribution is -2.46. The van der Waals surface area contributed by atoms with Gasteiger partial charge in [-0.2, -0.15) is 0 Å². The molecule has 3 aromatic carbocycles. The summed E-state index contributed by atoms with van der Waals surface area (Å²) >= 11 is 0. The molecule has 192 valence electrons. The Morgan fingerprint density at radius 1 is 0.946 bits per heavy atom. The summed E-state index contributed by atoms with van der Waals surface area (Å²) in [6.07, 6.45) is 0.856. The van der Waals surface area contributed by atoms with Crippen LogP contribution in [-0.4, -0.2) is 33.4 Å². The second-order valence-corrected chi connectivity index (χ2v) is 10.1. The van der Waals surface area contributed by atoms with Gasteiger partial charge in [0, 0.05) is 12.2 Å². The fourth-order valence-electron chi connectivity index (χ4n) is 4.38. The van der Waals surface area contributed by atoms with Gasteiger partial charge in [0.15, 0.2) is 0 Å². The van der Waals surface area contributed by atoms with E-state index in [0.717, 1.165) is 39.7 Å². The zero-order valence-electron chi connectivity index (χ0n) is 22.2. The molecule has 0 unspecified atom stereocenters. The number of para-hydroxylation sites is 1. The molecule has 0 saturated carbocycles. The van der Waals surface area contributed by atoms with Crippen molar-refractivity contribution in [1.29, 1.82) is 0 Å². The van der Waals surface area contributed by atoms with Gasteiger partial charge in [-0.3, -0.25) is 14.5 Å². The number of amides is 2. The van der Waals surface area contributed by atoms with Gasteiger partial charge in [-0.15, -0.1) is 5.10 Å². The number of fused-ring (bicyclic) bond motifs is 1. The number of aryl methyl sites for hydroxylation is 3. The van der Waals surface area contributed by atoms with Crippen LogP contribution in [0.2, 0.25) is 0 Å². The molecule has 0 fully saturated rings. The fourth-order valence-corrected chi connectivity index (χ4v) is 4.38. The summed E-state index contributed by atoms with van der Waals surface area (Å²) in [5, 5.41) is 11.5. The van der Waals surface area contributed by atoms with Crippen molar-refractivity contribution >= 4 is 28.5 Å². The molecule has 1 aromatic heterocycles. The molecule has 0 aliphatic rings. The van der Waals surface area contributed by atoms with Crippen LogP contribution in [0.4, 0.5) is 5.69 Å². The van der Waals surface area contributed by atoms with Gasteiger partial charge in [0.2, 0.25) is 11.8 Å². The van der Waals surface area contributed by atoms with Gasteiger partial charge in [-0.05, 0) is 68.0 Å². The minimum absolute atomic E-state index is 0.0461. The highest BCUT2D eigenvalue weighted by Crippen LogP contribution is 2.32. The van der Waals surface area contributed by atoms with Crippen molar-refractivity contribution < 1.29 is 9.59 Å². The molecule has 1 heterocycles. The van der Waals surface area contributed by atoms with E-state index in [1.165, 1.54) is 0 Å². The lowest BCUT2D eigenvalue weighted by molar-refractivity contribution is -0.127. The Labute approximate surface area is 218 Å². The van der Waals surface area contributed by atoms with E-state index >= 15 is 0 Å². The summed E-state index contributed by atoms with van der Waals surface area (Å²) in [7, 11) is 0. The maximum absolute atomic E-state index is 14.1. The molecule has 0 radical (unpaired) electrons. The van der Waals surface area contributed by atoms with E-state index in [-0.39, 0.29) is 18.4 Å². The van der Waals surface area contributed by atoms with E-state index in [4.69, 9.17) is 0 Å². The van der Waals surface area contributed by atoms with Gasteiger partial charge in [-0.25, -0.2) is 4.68 Å². The van der Waals surface area contributed by atoms with E-state index in [9.17, 15) is 9.59 Å². The maximum atomic E-state index is 14.1. The summed E-state index contributed by atoms with van der Waals surface area (Å²) in [5.41, 5.74) is 5.95. The average molecular weight is 498 g/mol. The molecule has 7 heteroatoms. The first kappa shape index (κ1) is 26.1. The van der Waals surface area contributed by atoms with Crippen molar-refractivity contribution in [2.24, 2.45) is 5.92 Å². The number of hydrogen-bond acceptors (Lipinski definition) is 4. The Bertz CT molecular complexity index is 1390. The van der Waals surface area contributed by atoms with E-state index in [2.05, 4.69) is 29.5 Å². The van der Waals surface area contributed by atoms with Crippen molar-refractivity contribution in [3.05, 3.63) is 89.0 Å². The summed E-state index contributed by atoms with van der Waals surface area (Å²) in [5.74, 6) is 0.00613. The molecular weight excluding hydrogens is 462 g/mol. The third-order valence-corrected chi connectivity index (χ3v) is 6.52. The third kappa shape index (κ3) is 6.05. The Balaban J connectivity index is 1.80. The SMILES string of the molecule is Cc1ccc([C@@H](C(=O)NCCC(C)C)N(C(=O)Cn2nnc3ccccc32)c2cc(C)ccc2C)cc1. The van der Waals surface area contributed by atoms with Crippen LogP contribution in [0, 0.1) is 26.7 Å². The number of carbonyl (C=O) groups excluding carboxylic acids is 2. The summed E-state index contributed by atoms with van der Waals surface area (Å²) in [6.45, 7) is 10.7. The predicted molar refractivity (Wildman–Crippen MR) is 147 cm³/mol. The lowest BCUT2D eigenvalue weighted by atomic mass is 9.99. The molecular formula is C30H35N5O2. The number of rotatable bonds is 9. The number of nitrogens with zero attached hydrogens (tertiary/aromatic N) is 4. The first-order valence-corrected chi connectivity index (χ1v) is 12.8. The van der Waals surface area contributed by atoms with Gasteiger partial charge < -0.3 is 5.32 Å². The first-order chi connectivity index (χ1) is 17.7. The number of nitrogens with one attached hydrogen (secondary N) is 1. The second kappa shape index (κ2) is 11.4. The molecule has 0 aliphatic heterocycles. The predicted octanol–water partition coefficient (Wildman–Crippen LogP) is 5.29. The van der Waals surface area contributed by atoms with Gasteiger partial charge in [0.05, 0.1) is 5.52 Å². The van der Waals surface area contributed by atoms with Crippen LogP contribution in [0.3, 0.4) is 0 Å². The topological polar surface area (TPSA) is 80.1 Å². The fraction of sp³-hybridized carbons (Fsp3) is 0.333. The van der Waals surface area contributed by atoms with Crippen LogP contribution in [0.5, 0.6) is 0 Å².